The van der Waals surface area contributed by atoms with Gasteiger partial charge in [-0.3, -0.25) is 19.5 Å². The average Bonchev–Trinajstić information content (AvgIpc) is 2.76. The van der Waals surface area contributed by atoms with Crippen LogP contribution in [-0.2, 0) is 19.5 Å². The first kappa shape index (κ1) is 20.0. The van der Waals surface area contributed by atoms with E-state index in [-0.39, 0.29) is 11.0 Å². The molecule has 0 unspecified atom stereocenters. The highest BCUT2D eigenvalue weighted by molar-refractivity contribution is 5.77. The number of benzene rings is 1. The number of aromatic nitrogens is 2. The number of rotatable bonds is 3. The minimum absolute atomic E-state index is 0.00246. The Bertz CT molecular complexity index is 1250. The fourth-order valence-corrected chi connectivity index (χ4v) is 4.77. The van der Waals surface area contributed by atoms with Gasteiger partial charge in [-0.15, -0.1) is 0 Å². The van der Waals surface area contributed by atoms with Crippen molar-refractivity contribution in [1.82, 2.24) is 14.9 Å². The molecule has 0 bridgehead atoms. The van der Waals surface area contributed by atoms with Crippen molar-refractivity contribution in [3.63, 3.8) is 0 Å². The van der Waals surface area contributed by atoms with Crippen molar-refractivity contribution in [2.75, 3.05) is 24.5 Å². The lowest BCUT2D eigenvalue weighted by atomic mass is 10.0. The second-order valence-corrected chi connectivity index (χ2v) is 9.06. The molecule has 0 radical (unpaired) electrons. The van der Waals surface area contributed by atoms with Crippen molar-refractivity contribution < 1.29 is 4.42 Å². The zero-order chi connectivity index (χ0) is 21.5. The van der Waals surface area contributed by atoms with Crippen LogP contribution in [0.1, 0.15) is 42.1 Å². The summed E-state index contributed by atoms with van der Waals surface area (Å²) in [5.41, 5.74) is 3.77. The third kappa shape index (κ3) is 3.90. The van der Waals surface area contributed by atoms with Crippen molar-refractivity contribution in [3.05, 3.63) is 67.4 Å². The number of piperidine rings is 1. The van der Waals surface area contributed by atoms with Crippen LogP contribution in [0.25, 0.3) is 11.0 Å². The molecule has 0 spiro atoms. The zero-order valence-electron chi connectivity index (χ0n) is 18.1. The van der Waals surface area contributed by atoms with E-state index in [9.17, 15) is 9.59 Å². The van der Waals surface area contributed by atoms with Crippen LogP contribution in [0, 0.1) is 12.8 Å². The maximum Gasteiger partial charge on any atom is 0.257 e. The summed E-state index contributed by atoms with van der Waals surface area (Å²) in [4.78, 5) is 37.9. The molecule has 5 rings (SSSR count). The molecule has 1 aromatic carbocycles. The number of fused-ring (bicyclic) bond motifs is 2. The standard InChI is InChI=1S/C24H28N4O3/c1-15-5-6-21-18(10-15)22(29)17(14-31-21)12-27-9-7-20-19(13-27)23(30)26-24(25-20)28-8-3-4-16(2)11-28/h5-6,10,14,16H,3-4,7-9,11-13H2,1-2H3,(H,25,26,30)/t16-/m1/s1. The minimum atomic E-state index is -0.0657. The quantitative estimate of drug-likeness (QED) is 0.702. The van der Waals surface area contributed by atoms with Crippen LogP contribution >= 0.6 is 0 Å². The first-order chi connectivity index (χ1) is 15.0. The second-order valence-electron chi connectivity index (χ2n) is 9.06. The Kier molecular flexibility index (Phi) is 5.14. The van der Waals surface area contributed by atoms with Crippen molar-refractivity contribution in [2.45, 2.75) is 46.2 Å². The molecule has 0 aliphatic carbocycles. The molecule has 31 heavy (non-hydrogen) atoms. The van der Waals surface area contributed by atoms with Crippen molar-refractivity contribution in [1.29, 1.82) is 0 Å². The topological polar surface area (TPSA) is 82.4 Å². The predicted octanol–water partition coefficient (Wildman–Crippen LogP) is 2.98. The Balaban J connectivity index is 1.38. The van der Waals surface area contributed by atoms with Gasteiger partial charge < -0.3 is 9.32 Å². The SMILES string of the molecule is Cc1ccc2occ(CN3CCc4nc(N5CCC[C@@H](C)C5)[nH]c(=O)c4C3)c(=O)c2c1. The van der Waals surface area contributed by atoms with Crippen LogP contribution in [-0.4, -0.2) is 34.5 Å². The lowest BCUT2D eigenvalue weighted by Gasteiger charge is -2.33. The first-order valence-corrected chi connectivity index (χ1v) is 11.1. The molecule has 0 amide bonds. The third-order valence-electron chi connectivity index (χ3n) is 6.49. The molecule has 162 valence electrons. The predicted molar refractivity (Wildman–Crippen MR) is 121 cm³/mol. The number of hydrogen-bond acceptors (Lipinski definition) is 6. The van der Waals surface area contributed by atoms with Crippen molar-refractivity contribution in [2.24, 2.45) is 5.92 Å². The highest BCUT2D eigenvalue weighted by Gasteiger charge is 2.25. The highest BCUT2D eigenvalue weighted by Crippen LogP contribution is 2.22. The smallest absolute Gasteiger partial charge is 0.257 e. The molecule has 0 saturated carbocycles. The molecule has 7 heteroatoms. The largest absolute Gasteiger partial charge is 0.464 e. The summed E-state index contributed by atoms with van der Waals surface area (Å²) >= 11 is 0. The van der Waals surface area contributed by atoms with E-state index in [2.05, 4.69) is 21.7 Å². The molecule has 4 heterocycles. The summed E-state index contributed by atoms with van der Waals surface area (Å²) in [6, 6.07) is 5.64. The highest BCUT2D eigenvalue weighted by atomic mass is 16.3. The number of H-pyrrole nitrogens is 1. The summed E-state index contributed by atoms with van der Waals surface area (Å²) in [5, 5.41) is 0.606. The number of nitrogens with zero attached hydrogens (tertiary/aromatic N) is 3. The summed E-state index contributed by atoms with van der Waals surface area (Å²) < 4.78 is 5.69. The molecule has 1 N–H and O–H groups in total. The van der Waals surface area contributed by atoms with E-state index in [1.54, 1.807) is 6.26 Å². The number of nitrogens with one attached hydrogen (secondary N) is 1. The van der Waals surface area contributed by atoms with Gasteiger partial charge in [0.15, 0.2) is 5.43 Å². The summed E-state index contributed by atoms with van der Waals surface area (Å²) in [6.45, 7) is 7.78. The van der Waals surface area contributed by atoms with Gasteiger partial charge in [0.25, 0.3) is 5.56 Å². The number of aryl methyl sites for hydroxylation is 1. The number of aromatic amines is 1. The Labute approximate surface area is 180 Å². The summed E-state index contributed by atoms with van der Waals surface area (Å²) in [7, 11) is 0. The van der Waals surface area contributed by atoms with Crippen LogP contribution in [0.5, 0.6) is 0 Å². The van der Waals surface area contributed by atoms with Gasteiger partial charge in [-0.1, -0.05) is 18.6 Å². The van der Waals surface area contributed by atoms with E-state index in [0.29, 0.717) is 53.5 Å². The monoisotopic (exact) mass is 420 g/mol. The molecule has 7 nitrogen and oxygen atoms in total. The van der Waals surface area contributed by atoms with Gasteiger partial charge in [0.2, 0.25) is 5.95 Å². The molecular formula is C24H28N4O3. The average molecular weight is 421 g/mol. The van der Waals surface area contributed by atoms with E-state index in [1.807, 2.05) is 25.1 Å². The third-order valence-corrected chi connectivity index (χ3v) is 6.49. The lowest BCUT2D eigenvalue weighted by molar-refractivity contribution is 0.239. The molecular weight excluding hydrogens is 392 g/mol. The van der Waals surface area contributed by atoms with E-state index >= 15 is 0 Å². The van der Waals surface area contributed by atoms with Crippen LogP contribution in [0.4, 0.5) is 5.95 Å². The first-order valence-electron chi connectivity index (χ1n) is 11.1. The maximum absolute atomic E-state index is 12.9. The molecule has 2 aromatic heterocycles. The van der Waals surface area contributed by atoms with Gasteiger partial charge in [0.05, 0.1) is 22.9 Å². The van der Waals surface area contributed by atoms with Crippen molar-refractivity contribution >= 4 is 16.9 Å². The Morgan fingerprint density at radius 2 is 2.13 bits per heavy atom. The van der Waals surface area contributed by atoms with Gasteiger partial charge in [-0.05, 0) is 37.8 Å². The van der Waals surface area contributed by atoms with Crippen LogP contribution in [0.3, 0.4) is 0 Å². The Morgan fingerprint density at radius 3 is 2.97 bits per heavy atom. The minimum Gasteiger partial charge on any atom is -0.464 e. The molecule has 1 atom stereocenters. The van der Waals surface area contributed by atoms with Crippen LogP contribution in [0.2, 0.25) is 0 Å². The second kappa shape index (κ2) is 7.96. The summed E-state index contributed by atoms with van der Waals surface area (Å²) in [5.74, 6) is 1.32. The molecule has 1 saturated heterocycles. The summed E-state index contributed by atoms with van der Waals surface area (Å²) in [6.07, 6.45) is 4.61. The van der Waals surface area contributed by atoms with Gasteiger partial charge >= 0.3 is 0 Å². The van der Waals surface area contributed by atoms with Gasteiger partial charge in [0.1, 0.15) is 5.58 Å². The number of anilines is 1. The maximum atomic E-state index is 12.9. The van der Waals surface area contributed by atoms with Crippen LogP contribution in [0.15, 0.2) is 38.5 Å². The lowest BCUT2D eigenvalue weighted by Crippen LogP contribution is -2.40. The van der Waals surface area contributed by atoms with Crippen LogP contribution < -0.4 is 15.9 Å². The molecule has 2 aliphatic rings. The van der Waals surface area contributed by atoms with E-state index in [1.165, 1.54) is 6.42 Å². The van der Waals surface area contributed by atoms with Crippen molar-refractivity contribution in [3.8, 4) is 0 Å². The normalized spacial score (nSPS) is 19.5. The molecule has 3 aromatic rings. The van der Waals surface area contributed by atoms with E-state index in [4.69, 9.17) is 9.40 Å². The van der Waals surface area contributed by atoms with E-state index < -0.39 is 0 Å². The Morgan fingerprint density at radius 1 is 1.26 bits per heavy atom. The van der Waals surface area contributed by atoms with E-state index in [0.717, 1.165) is 37.3 Å². The van der Waals surface area contributed by atoms with Gasteiger partial charge in [-0.2, -0.15) is 0 Å². The Hall–Kier alpha value is -2.93. The molecule has 2 aliphatic heterocycles. The zero-order valence-corrected chi connectivity index (χ0v) is 18.1. The molecule has 1 fully saturated rings. The van der Waals surface area contributed by atoms with Gasteiger partial charge in [-0.25, -0.2) is 4.98 Å². The van der Waals surface area contributed by atoms with Gasteiger partial charge in [0, 0.05) is 44.7 Å². The fraction of sp³-hybridized carbons (Fsp3) is 0.458. The fourth-order valence-electron chi connectivity index (χ4n) is 4.77. The number of hydrogen-bond donors (Lipinski definition) is 1.